The molecule has 0 saturated carbocycles. The molecule has 23 heavy (non-hydrogen) atoms. The van der Waals surface area contributed by atoms with E-state index in [1.807, 2.05) is 24.4 Å². The smallest absolute Gasteiger partial charge is 0.324 e. The van der Waals surface area contributed by atoms with Crippen LogP contribution in [0.1, 0.15) is 10.6 Å². The van der Waals surface area contributed by atoms with E-state index in [4.69, 9.17) is 16.0 Å². The van der Waals surface area contributed by atoms with Crippen LogP contribution in [-0.4, -0.2) is 21.2 Å². The van der Waals surface area contributed by atoms with Gasteiger partial charge in [-0.05, 0) is 24.6 Å². The van der Waals surface area contributed by atoms with E-state index in [1.54, 1.807) is 12.1 Å². The summed E-state index contributed by atoms with van der Waals surface area (Å²) in [6.07, 6.45) is 0. The Kier molecular flexibility index (Phi) is 4.54. The highest BCUT2D eigenvalue weighted by Crippen LogP contribution is 2.21. The first-order valence-corrected chi connectivity index (χ1v) is 7.91. The van der Waals surface area contributed by atoms with Crippen LogP contribution in [0, 0.1) is 6.92 Å². The van der Waals surface area contributed by atoms with E-state index in [9.17, 15) is 4.79 Å². The summed E-state index contributed by atoms with van der Waals surface area (Å²) in [4.78, 5) is 16.1. The average Bonchev–Trinajstić information content (AvgIpc) is 3.16. The third-order valence-electron chi connectivity index (χ3n) is 2.85. The number of hydrogen-bond acceptors (Lipinski definition) is 6. The highest BCUT2D eigenvalue weighted by molar-refractivity contribution is 7.09. The lowest BCUT2D eigenvalue weighted by Gasteiger charge is -2.04. The van der Waals surface area contributed by atoms with E-state index in [2.05, 4.69) is 25.8 Å². The summed E-state index contributed by atoms with van der Waals surface area (Å²) in [5.74, 6) is 0.266. The number of carbonyl (C=O) groups excluding carboxylic acids is 1. The van der Waals surface area contributed by atoms with Gasteiger partial charge in [-0.3, -0.25) is 5.32 Å². The van der Waals surface area contributed by atoms with E-state index in [-0.39, 0.29) is 11.9 Å². The Balaban J connectivity index is 1.56. The van der Waals surface area contributed by atoms with Gasteiger partial charge in [0.2, 0.25) is 0 Å². The van der Waals surface area contributed by atoms with Crippen molar-refractivity contribution in [2.45, 2.75) is 13.5 Å². The largest absolute Gasteiger partial charge is 0.401 e. The molecule has 0 bridgehead atoms. The molecule has 0 atom stereocenters. The van der Waals surface area contributed by atoms with Crippen LogP contribution in [0.3, 0.4) is 0 Å². The van der Waals surface area contributed by atoms with E-state index in [0.717, 1.165) is 10.6 Å². The van der Waals surface area contributed by atoms with Crippen molar-refractivity contribution in [3.8, 4) is 11.6 Å². The van der Waals surface area contributed by atoms with Gasteiger partial charge in [0.25, 0.3) is 5.89 Å². The molecule has 0 spiro atoms. The summed E-state index contributed by atoms with van der Waals surface area (Å²) in [7, 11) is 0. The monoisotopic (exact) mass is 349 g/mol. The second-order valence-electron chi connectivity index (χ2n) is 4.60. The number of thiazole rings is 1. The zero-order valence-electron chi connectivity index (χ0n) is 12.0. The predicted molar refractivity (Wildman–Crippen MR) is 87.5 cm³/mol. The van der Waals surface area contributed by atoms with E-state index in [0.29, 0.717) is 17.3 Å². The zero-order valence-corrected chi connectivity index (χ0v) is 13.6. The molecule has 0 saturated heterocycles. The zero-order chi connectivity index (χ0) is 16.2. The molecule has 0 aliphatic heterocycles. The summed E-state index contributed by atoms with van der Waals surface area (Å²) in [6.45, 7) is 2.24. The van der Waals surface area contributed by atoms with Crippen LogP contribution >= 0.6 is 22.9 Å². The van der Waals surface area contributed by atoms with Crippen molar-refractivity contribution >= 4 is 35.0 Å². The van der Waals surface area contributed by atoms with Gasteiger partial charge in [0.1, 0.15) is 5.69 Å². The summed E-state index contributed by atoms with van der Waals surface area (Å²) < 4.78 is 5.35. The van der Waals surface area contributed by atoms with Crippen LogP contribution in [0.25, 0.3) is 11.6 Å². The minimum absolute atomic E-state index is 0.0132. The summed E-state index contributed by atoms with van der Waals surface area (Å²) in [6, 6.07) is 6.76. The molecule has 1 aromatic carbocycles. The second-order valence-corrected chi connectivity index (χ2v) is 6.10. The molecule has 0 aliphatic carbocycles. The second kappa shape index (κ2) is 6.76. The van der Waals surface area contributed by atoms with E-state index < -0.39 is 6.03 Å². The maximum absolute atomic E-state index is 11.8. The number of halogens is 1. The topological polar surface area (TPSA) is 92.9 Å². The molecule has 9 heteroatoms. The molecular weight excluding hydrogens is 338 g/mol. The van der Waals surface area contributed by atoms with Gasteiger partial charge >= 0.3 is 12.0 Å². The maximum atomic E-state index is 11.8. The first kappa shape index (κ1) is 15.4. The van der Waals surface area contributed by atoms with Gasteiger partial charge in [0.15, 0.2) is 0 Å². The molecule has 3 aromatic rings. The third kappa shape index (κ3) is 4.05. The summed E-state index contributed by atoms with van der Waals surface area (Å²) in [5, 5.41) is 16.1. The third-order valence-corrected chi connectivity index (χ3v) is 3.88. The minimum atomic E-state index is -0.440. The molecule has 2 aromatic heterocycles. The number of urea groups is 1. The average molecular weight is 350 g/mol. The van der Waals surface area contributed by atoms with Gasteiger partial charge in [-0.1, -0.05) is 28.8 Å². The van der Waals surface area contributed by atoms with Crippen LogP contribution in [0.2, 0.25) is 5.02 Å². The SMILES string of the molecule is Cc1nc(-c2nnc(NC(=O)NCc3ccc(Cl)cc3)o2)cs1. The number of nitrogens with one attached hydrogen (secondary N) is 2. The highest BCUT2D eigenvalue weighted by Gasteiger charge is 2.13. The van der Waals surface area contributed by atoms with Crippen molar-refractivity contribution in [3.05, 3.63) is 45.2 Å². The standard InChI is InChI=1S/C14H12ClN5O2S/c1-8-17-11(7-23-8)12-19-20-14(22-12)18-13(21)16-6-9-2-4-10(15)5-3-9/h2-5,7H,6H2,1H3,(H2,16,18,20,21). The quantitative estimate of drug-likeness (QED) is 0.752. The van der Waals surface area contributed by atoms with Crippen LogP contribution < -0.4 is 10.6 Å². The summed E-state index contributed by atoms with van der Waals surface area (Å²) in [5.41, 5.74) is 1.52. The van der Waals surface area contributed by atoms with Crippen LogP contribution in [0.15, 0.2) is 34.1 Å². The molecule has 2 heterocycles. The number of anilines is 1. The van der Waals surface area contributed by atoms with Gasteiger partial charge in [-0.2, -0.15) is 0 Å². The van der Waals surface area contributed by atoms with Gasteiger partial charge in [0.05, 0.1) is 5.01 Å². The molecule has 2 N–H and O–H groups in total. The fraction of sp³-hybridized carbons (Fsp3) is 0.143. The Morgan fingerprint density at radius 2 is 2.09 bits per heavy atom. The molecule has 0 radical (unpaired) electrons. The first-order valence-electron chi connectivity index (χ1n) is 6.65. The van der Waals surface area contributed by atoms with Gasteiger partial charge < -0.3 is 9.73 Å². The predicted octanol–water partition coefficient (Wildman–Crippen LogP) is 3.48. The number of aryl methyl sites for hydroxylation is 1. The molecule has 118 valence electrons. The fourth-order valence-electron chi connectivity index (χ4n) is 1.76. The normalized spacial score (nSPS) is 10.5. The summed E-state index contributed by atoms with van der Waals surface area (Å²) >= 11 is 7.29. The number of aromatic nitrogens is 3. The van der Waals surface area contributed by atoms with Crippen LogP contribution in [0.4, 0.5) is 10.8 Å². The Morgan fingerprint density at radius 1 is 1.30 bits per heavy atom. The van der Waals surface area contributed by atoms with E-state index in [1.165, 1.54) is 11.3 Å². The Bertz CT molecular complexity index is 815. The van der Waals surface area contributed by atoms with Crippen molar-refractivity contribution < 1.29 is 9.21 Å². The Morgan fingerprint density at radius 3 is 2.78 bits per heavy atom. The number of hydrogen-bond donors (Lipinski definition) is 2. The molecule has 7 nitrogen and oxygen atoms in total. The van der Waals surface area contributed by atoms with Gasteiger partial charge in [0, 0.05) is 16.9 Å². The number of nitrogens with zero attached hydrogens (tertiary/aromatic N) is 3. The minimum Gasteiger partial charge on any atom is -0.401 e. The number of rotatable bonds is 4. The van der Waals surface area contributed by atoms with Crippen molar-refractivity contribution in [2.75, 3.05) is 5.32 Å². The fourth-order valence-corrected chi connectivity index (χ4v) is 2.48. The molecule has 3 rings (SSSR count). The highest BCUT2D eigenvalue weighted by atomic mass is 35.5. The number of benzene rings is 1. The first-order chi connectivity index (χ1) is 11.1. The lowest BCUT2D eigenvalue weighted by atomic mass is 10.2. The lowest BCUT2D eigenvalue weighted by molar-refractivity contribution is 0.251. The maximum Gasteiger partial charge on any atom is 0.324 e. The lowest BCUT2D eigenvalue weighted by Crippen LogP contribution is -2.28. The molecule has 2 amide bonds. The van der Waals surface area contributed by atoms with Crippen molar-refractivity contribution in [2.24, 2.45) is 0 Å². The Labute approximate surface area is 140 Å². The molecule has 0 unspecified atom stereocenters. The van der Waals surface area contributed by atoms with Gasteiger partial charge in [-0.15, -0.1) is 16.4 Å². The van der Waals surface area contributed by atoms with Crippen LogP contribution in [-0.2, 0) is 6.54 Å². The van der Waals surface area contributed by atoms with Crippen molar-refractivity contribution in [1.29, 1.82) is 0 Å². The molecule has 0 fully saturated rings. The van der Waals surface area contributed by atoms with E-state index >= 15 is 0 Å². The Hall–Kier alpha value is -2.45. The molecule has 0 aliphatic rings. The van der Waals surface area contributed by atoms with Crippen LogP contribution in [0.5, 0.6) is 0 Å². The van der Waals surface area contributed by atoms with Crippen molar-refractivity contribution in [1.82, 2.24) is 20.5 Å². The molecular formula is C14H12ClN5O2S. The number of carbonyl (C=O) groups is 1. The number of amides is 2. The van der Waals surface area contributed by atoms with Gasteiger partial charge in [-0.25, -0.2) is 9.78 Å². The van der Waals surface area contributed by atoms with Crippen molar-refractivity contribution in [3.63, 3.8) is 0 Å².